The fraction of sp³-hybridized carbons (Fsp3) is 0.462. The standard InChI is InChI=1S/C13H20N2O4S/c1-2-10-14-20(18,19)15(11-6-9-13(16)17)12-7-4-3-5-8-12/h3-5,7-8,14H,2,6,9-11H2,1H3,(H,16,17). The highest BCUT2D eigenvalue weighted by Crippen LogP contribution is 2.17. The maximum atomic E-state index is 12.2. The van der Waals surface area contributed by atoms with E-state index in [1.807, 2.05) is 6.92 Å². The lowest BCUT2D eigenvalue weighted by molar-refractivity contribution is -0.137. The second kappa shape index (κ2) is 7.86. The van der Waals surface area contributed by atoms with Gasteiger partial charge in [0.2, 0.25) is 0 Å². The first-order valence-corrected chi connectivity index (χ1v) is 7.95. The van der Waals surface area contributed by atoms with Gasteiger partial charge in [-0.2, -0.15) is 13.1 Å². The first-order chi connectivity index (χ1) is 9.47. The molecule has 112 valence electrons. The van der Waals surface area contributed by atoms with Crippen molar-refractivity contribution in [3.8, 4) is 0 Å². The van der Waals surface area contributed by atoms with Gasteiger partial charge in [0.15, 0.2) is 0 Å². The van der Waals surface area contributed by atoms with Crippen molar-refractivity contribution in [2.45, 2.75) is 26.2 Å². The van der Waals surface area contributed by atoms with Crippen LogP contribution in [-0.2, 0) is 15.0 Å². The lowest BCUT2D eigenvalue weighted by Gasteiger charge is -2.24. The van der Waals surface area contributed by atoms with Crippen molar-refractivity contribution in [2.24, 2.45) is 0 Å². The number of carboxylic acid groups (broad SMARTS) is 1. The normalized spacial score (nSPS) is 11.2. The zero-order valence-corrected chi connectivity index (χ0v) is 12.3. The van der Waals surface area contributed by atoms with E-state index in [0.29, 0.717) is 18.7 Å². The Labute approximate surface area is 119 Å². The number of hydrogen-bond donors (Lipinski definition) is 2. The van der Waals surface area contributed by atoms with Crippen LogP contribution >= 0.6 is 0 Å². The molecule has 0 saturated heterocycles. The van der Waals surface area contributed by atoms with E-state index in [-0.39, 0.29) is 19.4 Å². The lowest BCUT2D eigenvalue weighted by atomic mass is 10.3. The number of anilines is 1. The Hall–Kier alpha value is -1.60. The molecule has 0 unspecified atom stereocenters. The van der Waals surface area contributed by atoms with Crippen LogP contribution in [0.3, 0.4) is 0 Å². The zero-order chi connectivity index (χ0) is 15.0. The highest BCUT2D eigenvalue weighted by Gasteiger charge is 2.21. The molecule has 6 nitrogen and oxygen atoms in total. The number of carboxylic acids is 1. The van der Waals surface area contributed by atoms with Crippen molar-refractivity contribution >= 4 is 21.9 Å². The van der Waals surface area contributed by atoms with Gasteiger partial charge < -0.3 is 5.11 Å². The fourth-order valence-electron chi connectivity index (χ4n) is 1.67. The predicted molar refractivity (Wildman–Crippen MR) is 77.9 cm³/mol. The van der Waals surface area contributed by atoms with Crippen molar-refractivity contribution in [2.75, 3.05) is 17.4 Å². The Bertz CT molecular complexity index is 516. The summed E-state index contributed by atoms with van der Waals surface area (Å²) in [7, 11) is -3.65. The van der Waals surface area contributed by atoms with E-state index in [0.717, 1.165) is 0 Å². The summed E-state index contributed by atoms with van der Waals surface area (Å²) in [6, 6.07) is 8.66. The van der Waals surface area contributed by atoms with Gasteiger partial charge in [-0.3, -0.25) is 9.10 Å². The highest BCUT2D eigenvalue weighted by atomic mass is 32.2. The Morgan fingerprint density at radius 1 is 1.30 bits per heavy atom. The zero-order valence-electron chi connectivity index (χ0n) is 11.4. The second-order valence-corrected chi connectivity index (χ2v) is 5.98. The van der Waals surface area contributed by atoms with Gasteiger partial charge in [0.25, 0.3) is 0 Å². The Kier molecular flexibility index (Phi) is 6.47. The number of carbonyl (C=O) groups is 1. The van der Waals surface area contributed by atoms with E-state index in [4.69, 9.17) is 5.11 Å². The van der Waals surface area contributed by atoms with Crippen LogP contribution in [0.5, 0.6) is 0 Å². The van der Waals surface area contributed by atoms with Crippen LogP contribution < -0.4 is 9.03 Å². The van der Waals surface area contributed by atoms with Gasteiger partial charge in [0.1, 0.15) is 0 Å². The van der Waals surface area contributed by atoms with Gasteiger partial charge in [-0.05, 0) is 25.0 Å². The molecular formula is C13H20N2O4S. The minimum absolute atomic E-state index is 0.0629. The van der Waals surface area contributed by atoms with E-state index >= 15 is 0 Å². The molecule has 7 heteroatoms. The summed E-state index contributed by atoms with van der Waals surface area (Å²) >= 11 is 0. The van der Waals surface area contributed by atoms with Gasteiger partial charge in [0.05, 0.1) is 5.69 Å². The summed E-state index contributed by atoms with van der Waals surface area (Å²) in [5.74, 6) is -0.933. The predicted octanol–water partition coefficient (Wildman–Crippen LogP) is 1.60. The minimum Gasteiger partial charge on any atom is -0.481 e. The number of nitrogens with zero attached hydrogens (tertiary/aromatic N) is 1. The third kappa shape index (κ3) is 5.18. The van der Waals surface area contributed by atoms with Crippen molar-refractivity contribution in [3.63, 3.8) is 0 Å². The monoisotopic (exact) mass is 300 g/mol. The molecule has 0 spiro atoms. The van der Waals surface area contributed by atoms with Gasteiger partial charge in [-0.1, -0.05) is 25.1 Å². The summed E-state index contributed by atoms with van der Waals surface area (Å²) in [5.41, 5.74) is 0.529. The van der Waals surface area contributed by atoms with E-state index in [2.05, 4.69) is 4.72 Å². The van der Waals surface area contributed by atoms with Gasteiger partial charge in [-0.15, -0.1) is 0 Å². The van der Waals surface area contributed by atoms with Gasteiger partial charge in [-0.25, -0.2) is 0 Å². The Morgan fingerprint density at radius 2 is 1.95 bits per heavy atom. The molecule has 0 atom stereocenters. The van der Waals surface area contributed by atoms with Crippen molar-refractivity contribution in [3.05, 3.63) is 30.3 Å². The molecule has 0 bridgehead atoms. The molecule has 0 fully saturated rings. The van der Waals surface area contributed by atoms with Crippen LogP contribution in [0.15, 0.2) is 30.3 Å². The number of para-hydroxylation sites is 1. The molecule has 0 amide bonds. The van der Waals surface area contributed by atoms with E-state index < -0.39 is 16.2 Å². The molecule has 0 radical (unpaired) electrons. The van der Waals surface area contributed by atoms with E-state index in [9.17, 15) is 13.2 Å². The highest BCUT2D eigenvalue weighted by molar-refractivity contribution is 7.90. The van der Waals surface area contributed by atoms with Crippen LogP contribution in [-0.4, -0.2) is 32.6 Å². The van der Waals surface area contributed by atoms with Crippen molar-refractivity contribution in [1.82, 2.24) is 4.72 Å². The molecule has 0 heterocycles. The summed E-state index contributed by atoms with van der Waals surface area (Å²) in [6.07, 6.45) is 0.890. The topological polar surface area (TPSA) is 86.7 Å². The summed E-state index contributed by atoms with van der Waals surface area (Å²) in [5, 5.41) is 8.66. The summed E-state index contributed by atoms with van der Waals surface area (Å²) < 4.78 is 28.2. The average molecular weight is 300 g/mol. The first-order valence-electron chi connectivity index (χ1n) is 6.51. The molecule has 0 aliphatic heterocycles. The van der Waals surface area contributed by atoms with Crippen LogP contribution in [0, 0.1) is 0 Å². The number of nitrogens with one attached hydrogen (secondary N) is 1. The number of hydrogen-bond acceptors (Lipinski definition) is 3. The average Bonchev–Trinajstić information content (AvgIpc) is 2.42. The molecule has 1 aromatic carbocycles. The van der Waals surface area contributed by atoms with Gasteiger partial charge >= 0.3 is 16.2 Å². The van der Waals surface area contributed by atoms with Crippen LogP contribution in [0.1, 0.15) is 26.2 Å². The van der Waals surface area contributed by atoms with Gasteiger partial charge in [0, 0.05) is 19.5 Å². The van der Waals surface area contributed by atoms with Crippen LogP contribution in [0.4, 0.5) is 5.69 Å². The molecule has 0 aliphatic rings. The molecule has 0 aromatic heterocycles. The minimum atomic E-state index is -3.65. The first kappa shape index (κ1) is 16.5. The number of aliphatic carboxylic acids is 1. The third-order valence-corrected chi connectivity index (χ3v) is 4.16. The molecular weight excluding hydrogens is 280 g/mol. The maximum absolute atomic E-state index is 12.2. The molecule has 20 heavy (non-hydrogen) atoms. The molecule has 0 saturated carbocycles. The number of benzene rings is 1. The summed E-state index contributed by atoms with van der Waals surface area (Å²) in [6.45, 7) is 2.36. The number of rotatable bonds is 9. The molecule has 2 N–H and O–H groups in total. The summed E-state index contributed by atoms with van der Waals surface area (Å²) in [4.78, 5) is 10.6. The second-order valence-electron chi connectivity index (χ2n) is 4.30. The third-order valence-electron chi connectivity index (χ3n) is 2.62. The van der Waals surface area contributed by atoms with E-state index in [1.165, 1.54) is 4.31 Å². The SMILES string of the molecule is CCCNS(=O)(=O)N(CCCC(=O)O)c1ccccc1. The van der Waals surface area contributed by atoms with E-state index in [1.54, 1.807) is 30.3 Å². The Morgan fingerprint density at radius 3 is 2.50 bits per heavy atom. The van der Waals surface area contributed by atoms with Crippen molar-refractivity contribution in [1.29, 1.82) is 0 Å². The molecule has 1 rings (SSSR count). The quantitative estimate of drug-likeness (QED) is 0.725. The lowest BCUT2D eigenvalue weighted by Crippen LogP contribution is -2.41. The Balaban J connectivity index is 2.87. The largest absolute Gasteiger partial charge is 0.481 e. The molecule has 0 aliphatic carbocycles. The smallest absolute Gasteiger partial charge is 0.303 e. The van der Waals surface area contributed by atoms with Crippen molar-refractivity contribution < 1.29 is 18.3 Å². The molecule has 1 aromatic rings. The van der Waals surface area contributed by atoms with Crippen LogP contribution in [0.25, 0.3) is 0 Å². The van der Waals surface area contributed by atoms with Crippen LogP contribution in [0.2, 0.25) is 0 Å². The maximum Gasteiger partial charge on any atom is 0.303 e. The fourth-order valence-corrected chi connectivity index (χ4v) is 3.05.